The lowest BCUT2D eigenvalue weighted by atomic mass is 10.2. The number of benzene rings is 1. The molecule has 0 aliphatic heterocycles. The highest BCUT2D eigenvalue weighted by atomic mass is 79.9. The van der Waals surface area contributed by atoms with E-state index in [0.717, 1.165) is 28.6 Å². The molecule has 1 aliphatic carbocycles. The molecular formula is C13H15BrO3. The summed E-state index contributed by atoms with van der Waals surface area (Å²) in [7, 11) is 1.40. The fourth-order valence-electron chi connectivity index (χ4n) is 1.69. The Balaban J connectivity index is 2.16. The molecule has 0 saturated heterocycles. The predicted octanol–water partition coefficient (Wildman–Crippen LogP) is 3.09. The number of hydrogen-bond donors (Lipinski definition) is 0. The van der Waals surface area contributed by atoms with Crippen molar-refractivity contribution in [3.8, 4) is 5.75 Å². The van der Waals surface area contributed by atoms with Gasteiger partial charge in [-0.05, 0) is 37.5 Å². The SMILES string of the molecule is COC(=O)C(Oc1cc(Br)ccc1C)C1CC1. The highest BCUT2D eigenvalue weighted by Crippen LogP contribution is 2.36. The van der Waals surface area contributed by atoms with Crippen molar-refractivity contribution in [3.05, 3.63) is 28.2 Å². The Hall–Kier alpha value is -1.03. The molecule has 1 fully saturated rings. The third-order valence-corrected chi connectivity index (χ3v) is 3.38. The molecule has 0 spiro atoms. The molecule has 0 radical (unpaired) electrons. The lowest BCUT2D eigenvalue weighted by Crippen LogP contribution is -2.30. The first-order chi connectivity index (χ1) is 8.11. The summed E-state index contributed by atoms with van der Waals surface area (Å²) < 4.78 is 11.5. The molecule has 0 amide bonds. The average Bonchev–Trinajstić information content (AvgIpc) is 3.13. The Bertz CT molecular complexity index is 427. The number of hydrogen-bond acceptors (Lipinski definition) is 3. The van der Waals surface area contributed by atoms with Crippen molar-refractivity contribution >= 4 is 21.9 Å². The first kappa shape index (κ1) is 12.4. The number of halogens is 1. The van der Waals surface area contributed by atoms with Crippen molar-refractivity contribution in [1.82, 2.24) is 0 Å². The van der Waals surface area contributed by atoms with Crippen molar-refractivity contribution in [1.29, 1.82) is 0 Å². The molecule has 0 N–H and O–H groups in total. The third kappa shape index (κ3) is 3.00. The first-order valence-electron chi connectivity index (χ1n) is 5.62. The fourth-order valence-corrected chi connectivity index (χ4v) is 2.03. The largest absolute Gasteiger partial charge is 0.478 e. The van der Waals surface area contributed by atoms with Gasteiger partial charge in [-0.15, -0.1) is 0 Å². The summed E-state index contributed by atoms with van der Waals surface area (Å²) in [6.45, 7) is 1.96. The minimum absolute atomic E-state index is 0.285. The van der Waals surface area contributed by atoms with Crippen LogP contribution in [0.1, 0.15) is 18.4 Å². The maximum absolute atomic E-state index is 11.6. The number of aryl methyl sites for hydroxylation is 1. The number of esters is 1. The minimum Gasteiger partial charge on any atom is -0.478 e. The monoisotopic (exact) mass is 298 g/mol. The van der Waals surface area contributed by atoms with Gasteiger partial charge in [0.15, 0.2) is 6.10 Å². The number of ether oxygens (including phenoxy) is 2. The summed E-state index contributed by atoms with van der Waals surface area (Å²) in [5.74, 6) is 0.759. The fraction of sp³-hybridized carbons (Fsp3) is 0.462. The van der Waals surface area contributed by atoms with Crippen molar-refractivity contribution in [2.45, 2.75) is 25.9 Å². The van der Waals surface area contributed by atoms with Crippen LogP contribution >= 0.6 is 15.9 Å². The summed E-state index contributed by atoms with van der Waals surface area (Å²) in [5.41, 5.74) is 1.02. The van der Waals surface area contributed by atoms with E-state index in [9.17, 15) is 4.79 Å². The van der Waals surface area contributed by atoms with E-state index in [1.54, 1.807) is 0 Å². The number of methoxy groups -OCH3 is 1. The van der Waals surface area contributed by atoms with Gasteiger partial charge in [0.05, 0.1) is 7.11 Å². The predicted molar refractivity (Wildman–Crippen MR) is 68.0 cm³/mol. The van der Waals surface area contributed by atoms with Crippen LogP contribution in [0.4, 0.5) is 0 Å². The second kappa shape index (κ2) is 5.08. The zero-order valence-electron chi connectivity index (χ0n) is 9.90. The molecule has 92 valence electrons. The van der Waals surface area contributed by atoms with E-state index in [1.165, 1.54) is 7.11 Å². The van der Waals surface area contributed by atoms with Crippen LogP contribution in [0.5, 0.6) is 5.75 Å². The van der Waals surface area contributed by atoms with E-state index in [-0.39, 0.29) is 5.97 Å². The molecule has 2 rings (SSSR count). The van der Waals surface area contributed by atoms with E-state index < -0.39 is 6.10 Å². The van der Waals surface area contributed by atoms with Gasteiger partial charge in [0.25, 0.3) is 0 Å². The maximum atomic E-state index is 11.6. The zero-order chi connectivity index (χ0) is 12.4. The van der Waals surface area contributed by atoms with Crippen LogP contribution in [-0.2, 0) is 9.53 Å². The van der Waals surface area contributed by atoms with Gasteiger partial charge in [0.1, 0.15) is 5.75 Å². The molecule has 17 heavy (non-hydrogen) atoms. The molecule has 4 heteroatoms. The number of rotatable bonds is 4. The molecule has 0 heterocycles. The van der Waals surface area contributed by atoms with Gasteiger partial charge in [-0.2, -0.15) is 0 Å². The van der Waals surface area contributed by atoms with Gasteiger partial charge in [0.2, 0.25) is 0 Å². The summed E-state index contributed by atoms with van der Waals surface area (Å²) >= 11 is 3.40. The highest BCUT2D eigenvalue weighted by molar-refractivity contribution is 9.10. The Morgan fingerprint density at radius 3 is 2.76 bits per heavy atom. The molecule has 1 aromatic rings. The summed E-state index contributed by atoms with van der Waals surface area (Å²) in [4.78, 5) is 11.6. The Morgan fingerprint density at radius 1 is 1.47 bits per heavy atom. The maximum Gasteiger partial charge on any atom is 0.347 e. The van der Waals surface area contributed by atoms with Gasteiger partial charge in [-0.1, -0.05) is 22.0 Å². The van der Waals surface area contributed by atoms with Crippen molar-refractivity contribution < 1.29 is 14.3 Å². The van der Waals surface area contributed by atoms with Crippen molar-refractivity contribution in [2.24, 2.45) is 5.92 Å². The topological polar surface area (TPSA) is 35.5 Å². The lowest BCUT2D eigenvalue weighted by molar-refractivity contribution is -0.149. The normalized spacial score (nSPS) is 16.4. The van der Waals surface area contributed by atoms with Crippen molar-refractivity contribution in [3.63, 3.8) is 0 Å². The Morgan fingerprint density at radius 2 is 2.18 bits per heavy atom. The highest BCUT2D eigenvalue weighted by Gasteiger charge is 2.39. The third-order valence-electron chi connectivity index (χ3n) is 2.89. The van der Waals surface area contributed by atoms with Gasteiger partial charge in [-0.25, -0.2) is 4.79 Å². The second-order valence-corrected chi connectivity index (χ2v) is 5.22. The molecule has 1 aromatic carbocycles. The van der Waals surface area contributed by atoms with Crippen LogP contribution in [0, 0.1) is 12.8 Å². The van der Waals surface area contributed by atoms with Crippen LogP contribution in [-0.4, -0.2) is 19.2 Å². The van der Waals surface area contributed by atoms with E-state index in [0.29, 0.717) is 5.92 Å². The summed E-state index contributed by atoms with van der Waals surface area (Å²) in [6, 6.07) is 5.79. The summed E-state index contributed by atoms with van der Waals surface area (Å²) in [6.07, 6.45) is 1.60. The van der Waals surface area contributed by atoms with Crippen LogP contribution in [0.3, 0.4) is 0 Å². The number of carbonyl (C=O) groups is 1. The molecule has 0 bridgehead atoms. The number of carbonyl (C=O) groups excluding carboxylic acids is 1. The smallest absolute Gasteiger partial charge is 0.347 e. The van der Waals surface area contributed by atoms with Crippen LogP contribution < -0.4 is 4.74 Å². The van der Waals surface area contributed by atoms with Crippen molar-refractivity contribution in [2.75, 3.05) is 7.11 Å². The molecule has 0 aromatic heterocycles. The zero-order valence-corrected chi connectivity index (χ0v) is 11.5. The standard InChI is InChI=1S/C13H15BrO3/c1-8-3-6-10(14)7-11(8)17-12(9-4-5-9)13(15)16-2/h3,6-7,9,12H,4-5H2,1-2H3. The van der Waals surface area contributed by atoms with Gasteiger partial charge in [-0.3, -0.25) is 0 Å². The average molecular weight is 299 g/mol. The van der Waals surface area contributed by atoms with E-state index >= 15 is 0 Å². The summed E-state index contributed by atoms with van der Waals surface area (Å²) in [5, 5.41) is 0. The van der Waals surface area contributed by atoms with E-state index in [4.69, 9.17) is 9.47 Å². The second-order valence-electron chi connectivity index (χ2n) is 4.31. The van der Waals surface area contributed by atoms with Crippen LogP contribution in [0.15, 0.2) is 22.7 Å². The van der Waals surface area contributed by atoms with Crippen LogP contribution in [0.2, 0.25) is 0 Å². The van der Waals surface area contributed by atoms with Gasteiger partial charge < -0.3 is 9.47 Å². The van der Waals surface area contributed by atoms with Crippen LogP contribution in [0.25, 0.3) is 0 Å². The Labute approximate surface area is 109 Å². The quantitative estimate of drug-likeness (QED) is 0.801. The minimum atomic E-state index is -0.465. The first-order valence-corrected chi connectivity index (χ1v) is 6.41. The Kier molecular flexibility index (Phi) is 3.72. The molecule has 1 saturated carbocycles. The van der Waals surface area contributed by atoms with Gasteiger partial charge >= 0.3 is 5.97 Å². The lowest BCUT2D eigenvalue weighted by Gasteiger charge is -2.18. The van der Waals surface area contributed by atoms with E-state index in [1.807, 2.05) is 25.1 Å². The van der Waals surface area contributed by atoms with Gasteiger partial charge in [0, 0.05) is 10.4 Å². The molecule has 1 unspecified atom stereocenters. The molecule has 1 atom stereocenters. The molecule has 3 nitrogen and oxygen atoms in total. The molecule has 1 aliphatic rings. The van der Waals surface area contributed by atoms with E-state index in [2.05, 4.69) is 15.9 Å². The molecular weight excluding hydrogens is 284 g/mol.